The molecule has 0 radical (unpaired) electrons. The van der Waals surface area contributed by atoms with Crippen LogP contribution >= 0.6 is 0 Å². The first-order valence-electron chi connectivity index (χ1n) is 6.84. The van der Waals surface area contributed by atoms with Crippen molar-refractivity contribution >= 4 is 17.6 Å². The number of benzene rings is 1. The Hall–Kier alpha value is -2.04. The molecule has 0 heterocycles. The van der Waals surface area contributed by atoms with Gasteiger partial charge in [0.1, 0.15) is 5.75 Å². The molecule has 0 aliphatic heterocycles. The Kier molecular flexibility index (Phi) is 4.27. The summed E-state index contributed by atoms with van der Waals surface area (Å²) in [5.41, 5.74) is 0.198. The number of carboxylic acids is 1. The molecule has 20 heavy (non-hydrogen) atoms. The summed E-state index contributed by atoms with van der Waals surface area (Å²) in [7, 11) is 0. The van der Waals surface area contributed by atoms with E-state index in [-0.39, 0.29) is 28.8 Å². The second-order valence-electron chi connectivity index (χ2n) is 5.48. The summed E-state index contributed by atoms with van der Waals surface area (Å²) in [6.07, 6.45) is 3.73. The van der Waals surface area contributed by atoms with Crippen LogP contribution in [0.4, 0.5) is 5.69 Å². The molecule has 1 aromatic rings. The number of rotatable bonds is 3. The molecule has 0 spiro atoms. The van der Waals surface area contributed by atoms with Crippen LogP contribution in [0.25, 0.3) is 0 Å². The Balaban J connectivity index is 2.07. The van der Waals surface area contributed by atoms with E-state index >= 15 is 0 Å². The summed E-state index contributed by atoms with van der Waals surface area (Å²) in [6, 6.07) is 3.86. The van der Waals surface area contributed by atoms with Gasteiger partial charge in [-0.3, -0.25) is 4.79 Å². The van der Waals surface area contributed by atoms with Gasteiger partial charge in [0.25, 0.3) is 0 Å². The van der Waals surface area contributed by atoms with Crippen molar-refractivity contribution in [2.75, 3.05) is 5.32 Å². The minimum absolute atomic E-state index is 0.0374. The first kappa shape index (κ1) is 14.4. The van der Waals surface area contributed by atoms with Crippen molar-refractivity contribution in [2.45, 2.75) is 32.6 Å². The number of carbonyl (C=O) groups is 2. The Labute approximate surface area is 117 Å². The molecule has 2 rings (SSSR count). The van der Waals surface area contributed by atoms with Gasteiger partial charge in [-0.1, -0.05) is 6.92 Å². The minimum atomic E-state index is -1.09. The molecule has 0 saturated heterocycles. The highest BCUT2D eigenvalue weighted by atomic mass is 16.4. The number of nitrogens with one attached hydrogen (secondary N) is 1. The van der Waals surface area contributed by atoms with Gasteiger partial charge in [0.15, 0.2) is 0 Å². The van der Waals surface area contributed by atoms with E-state index in [9.17, 15) is 14.7 Å². The van der Waals surface area contributed by atoms with Crippen molar-refractivity contribution in [3.05, 3.63) is 23.8 Å². The molecule has 5 nitrogen and oxygen atoms in total. The smallest absolute Gasteiger partial charge is 0.335 e. The Morgan fingerprint density at radius 2 is 1.85 bits per heavy atom. The quantitative estimate of drug-likeness (QED) is 0.741. The van der Waals surface area contributed by atoms with Crippen molar-refractivity contribution in [3.8, 4) is 5.75 Å². The molecular formula is C15H19NO4. The number of carboxylic acid groups (broad SMARTS) is 1. The van der Waals surface area contributed by atoms with E-state index in [1.807, 2.05) is 0 Å². The molecule has 5 heteroatoms. The summed E-state index contributed by atoms with van der Waals surface area (Å²) in [5, 5.41) is 21.3. The third-order valence-electron chi connectivity index (χ3n) is 3.89. The van der Waals surface area contributed by atoms with Gasteiger partial charge >= 0.3 is 5.97 Å². The lowest BCUT2D eigenvalue weighted by Crippen LogP contribution is -2.26. The maximum atomic E-state index is 12.1. The molecule has 1 fully saturated rings. The third kappa shape index (κ3) is 3.29. The van der Waals surface area contributed by atoms with Gasteiger partial charge in [-0.25, -0.2) is 4.79 Å². The highest BCUT2D eigenvalue weighted by molar-refractivity contribution is 5.96. The third-order valence-corrected chi connectivity index (χ3v) is 3.89. The number of hydrogen-bond acceptors (Lipinski definition) is 3. The van der Waals surface area contributed by atoms with Crippen molar-refractivity contribution in [3.63, 3.8) is 0 Å². The first-order chi connectivity index (χ1) is 9.47. The van der Waals surface area contributed by atoms with Crippen LogP contribution in [0.3, 0.4) is 0 Å². The standard InChI is InChI=1S/C15H19NO4/c1-9-2-4-10(5-3-9)14(18)16-12-8-11(15(19)20)6-7-13(12)17/h6-10,17H,2-5H2,1H3,(H,16,18)(H,19,20). The zero-order valence-corrected chi connectivity index (χ0v) is 11.4. The maximum absolute atomic E-state index is 12.1. The summed E-state index contributed by atoms with van der Waals surface area (Å²) >= 11 is 0. The monoisotopic (exact) mass is 277 g/mol. The van der Waals surface area contributed by atoms with Gasteiger partial charge in [0.2, 0.25) is 5.91 Å². The number of phenolic OH excluding ortho intramolecular Hbond substituents is 1. The fourth-order valence-electron chi connectivity index (χ4n) is 2.53. The molecule has 108 valence electrons. The van der Waals surface area contributed by atoms with Gasteiger partial charge < -0.3 is 15.5 Å². The van der Waals surface area contributed by atoms with Gasteiger partial charge in [-0.05, 0) is 49.8 Å². The van der Waals surface area contributed by atoms with E-state index in [0.29, 0.717) is 5.92 Å². The van der Waals surface area contributed by atoms with Gasteiger partial charge in [0.05, 0.1) is 11.3 Å². The molecule has 3 N–H and O–H groups in total. The van der Waals surface area contributed by atoms with Crippen molar-refractivity contribution in [1.29, 1.82) is 0 Å². The van der Waals surface area contributed by atoms with Gasteiger partial charge in [-0.15, -0.1) is 0 Å². The van der Waals surface area contributed by atoms with E-state index in [1.165, 1.54) is 18.2 Å². The van der Waals surface area contributed by atoms with Crippen molar-refractivity contribution in [2.24, 2.45) is 11.8 Å². The highest BCUT2D eigenvalue weighted by Gasteiger charge is 2.25. The Bertz CT molecular complexity index is 519. The van der Waals surface area contributed by atoms with E-state index in [0.717, 1.165) is 25.7 Å². The lowest BCUT2D eigenvalue weighted by atomic mass is 9.82. The fourth-order valence-corrected chi connectivity index (χ4v) is 2.53. The van der Waals surface area contributed by atoms with Crippen molar-refractivity contribution in [1.82, 2.24) is 0 Å². The number of anilines is 1. The van der Waals surface area contributed by atoms with E-state index in [2.05, 4.69) is 12.2 Å². The lowest BCUT2D eigenvalue weighted by molar-refractivity contribution is -0.121. The van der Waals surface area contributed by atoms with Crippen LogP contribution in [-0.4, -0.2) is 22.1 Å². The molecule has 0 bridgehead atoms. The molecule has 0 aromatic heterocycles. The first-order valence-corrected chi connectivity index (χ1v) is 6.84. The predicted octanol–water partition coefficient (Wildman–Crippen LogP) is 2.86. The topological polar surface area (TPSA) is 86.6 Å². The van der Waals surface area contributed by atoms with Crippen LogP contribution in [0.2, 0.25) is 0 Å². The fraction of sp³-hybridized carbons (Fsp3) is 0.467. The molecule has 0 unspecified atom stereocenters. The molecular weight excluding hydrogens is 258 g/mol. The van der Waals surface area contributed by atoms with Crippen LogP contribution in [0, 0.1) is 11.8 Å². The molecule has 1 amide bonds. The largest absolute Gasteiger partial charge is 0.506 e. The summed E-state index contributed by atoms with van der Waals surface area (Å²) in [4.78, 5) is 23.0. The van der Waals surface area contributed by atoms with E-state index in [1.54, 1.807) is 0 Å². The number of aromatic carboxylic acids is 1. The molecule has 1 aliphatic rings. The van der Waals surface area contributed by atoms with Crippen LogP contribution in [0.15, 0.2) is 18.2 Å². The number of hydrogen-bond donors (Lipinski definition) is 3. The molecule has 1 aliphatic carbocycles. The maximum Gasteiger partial charge on any atom is 0.335 e. The second-order valence-corrected chi connectivity index (χ2v) is 5.48. The number of aromatic hydroxyl groups is 1. The minimum Gasteiger partial charge on any atom is -0.506 e. The average Bonchev–Trinajstić information content (AvgIpc) is 2.41. The molecule has 0 atom stereocenters. The van der Waals surface area contributed by atoms with Gasteiger partial charge in [-0.2, -0.15) is 0 Å². The summed E-state index contributed by atoms with van der Waals surface area (Å²) < 4.78 is 0. The van der Waals surface area contributed by atoms with Gasteiger partial charge in [0, 0.05) is 5.92 Å². The van der Waals surface area contributed by atoms with Crippen LogP contribution in [-0.2, 0) is 4.79 Å². The predicted molar refractivity (Wildman–Crippen MR) is 74.8 cm³/mol. The SMILES string of the molecule is CC1CCC(C(=O)Nc2cc(C(=O)O)ccc2O)CC1. The normalized spacial score (nSPS) is 22.2. The zero-order chi connectivity index (χ0) is 14.7. The molecule has 1 aromatic carbocycles. The van der Waals surface area contributed by atoms with Crippen LogP contribution in [0.1, 0.15) is 43.0 Å². The number of amides is 1. The van der Waals surface area contributed by atoms with Crippen molar-refractivity contribution < 1.29 is 19.8 Å². The average molecular weight is 277 g/mol. The highest BCUT2D eigenvalue weighted by Crippen LogP contribution is 2.31. The summed E-state index contributed by atoms with van der Waals surface area (Å²) in [6.45, 7) is 2.18. The Morgan fingerprint density at radius 3 is 2.45 bits per heavy atom. The van der Waals surface area contributed by atoms with E-state index in [4.69, 9.17) is 5.11 Å². The second kappa shape index (κ2) is 5.94. The van der Waals surface area contributed by atoms with Crippen LogP contribution < -0.4 is 5.32 Å². The zero-order valence-electron chi connectivity index (χ0n) is 11.4. The molecule has 1 saturated carbocycles. The number of carbonyl (C=O) groups excluding carboxylic acids is 1. The summed E-state index contributed by atoms with van der Waals surface area (Å²) in [5.74, 6) is -0.754. The lowest BCUT2D eigenvalue weighted by Gasteiger charge is -2.25. The Morgan fingerprint density at radius 1 is 1.20 bits per heavy atom. The van der Waals surface area contributed by atoms with Crippen LogP contribution in [0.5, 0.6) is 5.75 Å². The van der Waals surface area contributed by atoms with E-state index < -0.39 is 5.97 Å². The number of phenols is 1.